The molecule has 1 N–H and O–H groups in total. The minimum atomic E-state index is -3.58. The summed E-state index contributed by atoms with van der Waals surface area (Å²) in [6.07, 6.45) is 1.62. The van der Waals surface area contributed by atoms with Gasteiger partial charge in [0.1, 0.15) is 0 Å². The standard InChI is InChI=1S/C12H10Br2N2O2S/c13-9-4-5-11(14)12(7-9)19(17,18)16-8-10-3-1-2-6-15-10/h1-7,16H,8H2. The predicted octanol–water partition coefficient (Wildman–Crippen LogP) is 3.09. The van der Waals surface area contributed by atoms with Gasteiger partial charge < -0.3 is 0 Å². The third kappa shape index (κ3) is 3.85. The van der Waals surface area contributed by atoms with Gasteiger partial charge in [0.05, 0.1) is 17.1 Å². The summed E-state index contributed by atoms with van der Waals surface area (Å²) < 4.78 is 28.1. The Kier molecular flexibility index (Phi) is 4.72. The number of sulfonamides is 1. The molecule has 1 heterocycles. The van der Waals surface area contributed by atoms with Crippen LogP contribution in [0.3, 0.4) is 0 Å². The molecule has 0 fully saturated rings. The highest BCUT2D eigenvalue weighted by Crippen LogP contribution is 2.25. The molecule has 19 heavy (non-hydrogen) atoms. The fourth-order valence-electron chi connectivity index (χ4n) is 1.43. The second kappa shape index (κ2) is 6.13. The number of hydrogen-bond donors (Lipinski definition) is 1. The summed E-state index contributed by atoms with van der Waals surface area (Å²) in [4.78, 5) is 4.26. The van der Waals surface area contributed by atoms with Gasteiger partial charge in [-0.1, -0.05) is 22.0 Å². The summed E-state index contributed by atoms with van der Waals surface area (Å²) >= 11 is 6.50. The topological polar surface area (TPSA) is 59.1 Å². The van der Waals surface area contributed by atoms with Crippen LogP contribution in [0.2, 0.25) is 0 Å². The molecule has 0 spiro atoms. The molecule has 2 aromatic rings. The maximum atomic E-state index is 12.2. The monoisotopic (exact) mass is 404 g/mol. The van der Waals surface area contributed by atoms with E-state index < -0.39 is 10.0 Å². The maximum Gasteiger partial charge on any atom is 0.242 e. The summed E-state index contributed by atoms with van der Waals surface area (Å²) in [6, 6.07) is 10.3. The van der Waals surface area contributed by atoms with Gasteiger partial charge in [0.2, 0.25) is 10.0 Å². The fourth-order valence-corrected chi connectivity index (χ4v) is 3.93. The lowest BCUT2D eigenvalue weighted by molar-refractivity contribution is 0.580. The number of nitrogens with zero attached hydrogens (tertiary/aromatic N) is 1. The smallest absolute Gasteiger partial charge is 0.242 e. The molecular weight excluding hydrogens is 396 g/mol. The van der Waals surface area contributed by atoms with Crippen molar-refractivity contribution in [2.45, 2.75) is 11.4 Å². The highest BCUT2D eigenvalue weighted by Gasteiger charge is 2.17. The van der Waals surface area contributed by atoms with Crippen LogP contribution in [-0.4, -0.2) is 13.4 Å². The van der Waals surface area contributed by atoms with E-state index in [-0.39, 0.29) is 11.4 Å². The van der Waals surface area contributed by atoms with Gasteiger partial charge >= 0.3 is 0 Å². The van der Waals surface area contributed by atoms with Crippen molar-refractivity contribution >= 4 is 41.9 Å². The molecule has 0 radical (unpaired) electrons. The first-order valence-corrected chi connectivity index (χ1v) is 8.40. The van der Waals surface area contributed by atoms with E-state index in [0.717, 1.165) is 0 Å². The van der Waals surface area contributed by atoms with Crippen molar-refractivity contribution in [1.29, 1.82) is 0 Å². The minimum Gasteiger partial charge on any atom is -0.260 e. The molecule has 0 amide bonds. The van der Waals surface area contributed by atoms with Gasteiger partial charge in [-0.05, 0) is 46.3 Å². The molecule has 7 heteroatoms. The van der Waals surface area contributed by atoms with E-state index in [4.69, 9.17) is 0 Å². The Labute approximate surface area is 128 Å². The summed E-state index contributed by atoms with van der Waals surface area (Å²) in [5.41, 5.74) is 0.664. The molecule has 0 unspecified atom stereocenters. The van der Waals surface area contributed by atoms with E-state index in [0.29, 0.717) is 14.6 Å². The average Bonchev–Trinajstić information content (AvgIpc) is 2.40. The summed E-state index contributed by atoms with van der Waals surface area (Å²) in [7, 11) is -3.58. The van der Waals surface area contributed by atoms with Crippen LogP contribution in [0, 0.1) is 0 Å². The quantitative estimate of drug-likeness (QED) is 0.850. The largest absolute Gasteiger partial charge is 0.260 e. The van der Waals surface area contributed by atoms with Crippen molar-refractivity contribution in [2.24, 2.45) is 0 Å². The van der Waals surface area contributed by atoms with Crippen LogP contribution >= 0.6 is 31.9 Å². The van der Waals surface area contributed by atoms with Gasteiger partial charge in [-0.2, -0.15) is 0 Å². The van der Waals surface area contributed by atoms with Gasteiger partial charge in [0, 0.05) is 15.1 Å². The zero-order valence-corrected chi connectivity index (χ0v) is 13.7. The Balaban J connectivity index is 2.21. The average molecular weight is 406 g/mol. The molecule has 2 rings (SSSR count). The Morgan fingerprint density at radius 2 is 1.95 bits per heavy atom. The number of halogens is 2. The van der Waals surface area contributed by atoms with Crippen LogP contribution in [0.4, 0.5) is 0 Å². The van der Waals surface area contributed by atoms with E-state index in [1.54, 1.807) is 36.5 Å². The van der Waals surface area contributed by atoms with Crippen LogP contribution < -0.4 is 4.72 Å². The van der Waals surface area contributed by atoms with E-state index in [1.165, 1.54) is 0 Å². The lowest BCUT2D eigenvalue weighted by Crippen LogP contribution is -2.24. The van der Waals surface area contributed by atoms with Crippen molar-refractivity contribution in [3.63, 3.8) is 0 Å². The van der Waals surface area contributed by atoms with Gasteiger partial charge in [-0.3, -0.25) is 4.98 Å². The molecule has 0 atom stereocenters. The second-order valence-corrected chi connectivity index (χ2v) is 7.23. The normalized spacial score (nSPS) is 11.5. The zero-order valence-electron chi connectivity index (χ0n) is 9.68. The van der Waals surface area contributed by atoms with E-state index in [1.807, 2.05) is 6.07 Å². The highest BCUT2D eigenvalue weighted by atomic mass is 79.9. The maximum absolute atomic E-state index is 12.2. The number of benzene rings is 1. The third-order valence-electron chi connectivity index (χ3n) is 2.35. The van der Waals surface area contributed by atoms with Gasteiger partial charge in [0.25, 0.3) is 0 Å². The number of aromatic nitrogens is 1. The van der Waals surface area contributed by atoms with Crippen molar-refractivity contribution in [3.8, 4) is 0 Å². The number of hydrogen-bond acceptors (Lipinski definition) is 3. The van der Waals surface area contributed by atoms with Crippen LogP contribution in [0.15, 0.2) is 56.4 Å². The van der Waals surface area contributed by atoms with Gasteiger partial charge in [-0.15, -0.1) is 0 Å². The molecule has 0 saturated carbocycles. The molecule has 0 aliphatic carbocycles. The summed E-state index contributed by atoms with van der Waals surface area (Å²) in [5, 5.41) is 0. The Bertz CT molecular complexity index is 675. The SMILES string of the molecule is O=S(=O)(NCc1ccccn1)c1cc(Br)ccc1Br. The third-order valence-corrected chi connectivity index (χ3v) is 5.24. The molecule has 0 aliphatic rings. The summed E-state index contributed by atoms with van der Waals surface area (Å²) in [5.74, 6) is 0. The molecule has 0 aliphatic heterocycles. The minimum absolute atomic E-state index is 0.155. The zero-order chi connectivity index (χ0) is 13.9. The van der Waals surface area contributed by atoms with Crippen molar-refractivity contribution in [2.75, 3.05) is 0 Å². The lowest BCUT2D eigenvalue weighted by Gasteiger charge is -2.08. The van der Waals surface area contributed by atoms with Crippen LogP contribution in [0.5, 0.6) is 0 Å². The first-order chi connectivity index (χ1) is 8.99. The predicted molar refractivity (Wildman–Crippen MR) is 80.1 cm³/mol. The molecule has 0 saturated heterocycles. The number of pyridine rings is 1. The van der Waals surface area contributed by atoms with E-state index >= 15 is 0 Å². The first-order valence-electron chi connectivity index (χ1n) is 5.34. The second-order valence-electron chi connectivity index (χ2n) is 3.72. The van der Waals surface area contributed by atoms with Crippen LogP contribution in [0.1, 0.15) is 5.69 Å². The first kappa shape index (κ1) is 14.6. The van der Waals surface area contributed by atoms with Crippen molar-refractivity contribution in [3.05, 3.63) is 57.2 Å². The van der Waals surface area contributed by atoms with Gasteiger partial charge in [-0.25, -0.2) is 13.1 Å². The molecule has 100 valence electrons. The van der Waals surface area contributed by atoms with Crippen LogP contribution in [-0.2, 0) is 16.6 Å². The molecule has 0 bridgehead atoms. The van der Waals surface area contributed by atoms with Crippen molar-refractivity contribution in [1.82, 2.24) is 9.71 Å². The Morgan fingerprint density at radius 1 is 1.16 bits per heavy atom. The van der Waals surface area contributed by atoms with E-state index in [2.05, 4.69) is 41.6 Å². The molecular formula is C12H10Br2N2O2S. The summed E-state index contributed by atoms with van der Waals surface area (Å²) in [6.45, 7) is 0.155. The van der Waals surface area contributed by atoms with E-state index in [9.17, 15) is 8.42 Å². The van der Waals surface area contributed by atoms with Crippen LogP contribution in [0.25, 0.3) is 0 Å². The highest BCUT2D eigenvalue weighted by molar-refractivity contribution is 9.11. The Hall–Kier alpha value is -0.760. The van der Waals surface area contributed by atoms with Crippen molar-refractivity contribution < 1.29 is 8.42 Å². The number of nitrogens with one attached hydrogen (secondary N) is 1. The number of rotatable bonds is 4. The molecule has 1 aromatic carbocycles. The lowest BCUT2D eigenvalue weighted by atomic mass is 10.4. The fraction of sp³-hybridized carbons (Fsp3) is 0.0833. The Morgan fingerprint density at radius 3 is 2.63 bits per heavy atom. The molecule has 4 nitrogen and oxygen atoms in total. The van der Waals surface area contributed by atoms with Gasteiger partial charge in [0.15, 0.2) is 0 Å². The molecule has 1 aromatic heterocycles.